The minimum absolute atomic E-state index is 0.175. The van der Waals surface area contributed by atoms with E-state index < -0.39 is 0 Å². The number of nitrogens with one attached hydrogen (secondary N) is 1. The SMILES string of the molecule is C=C(N)c1cc(C(=O)C2CC2)n(C)c1Nc1ccc(I)cc1CCC. The number of carbonyl (C=O) groups excluding carboxylic acids is 1. The van der Waals surface area contributed by atoms with E-state index in [1.807, 2.05) is 17.7 Å². The number of ketones is 1. The van der Waals surface area contributed by atoms with Crippen LogP contribution in [-0.4, -0.2) is 10.4 Å². The average Bonchev–Trinajstić information content (AvgIpc) is 3.35. The lowest BCUT2D eigenvalue weighted by molar-refractivity contribution is 0.0960. The smallest absolute Gasteiger partial charge is 0.182 e. The third-order valence-electron chi connectivity index (χ3n) is 4.62. The molecule has 1 aliphatic rings. The number of anilines is 2. The number of nitrogens with zero attached hydrogens (tertiary/aromatic N) is 1. The zero-order valence-corrected chi connectivity index (χ0v) is 16.9. The lowest BCUT2D eigenvalue weighted by atomic mass is 10.1. The molecule has 1 fully saturated rings. The normalized spacial score (nSPS) is 13.7. The Hall–Kier alpha value is -1.76. The van der Waals surface area contributed by atoms with Crippen LogP contribution in [0, 0.1) is 9.49 Å². The van der Waals surface area contributed by atoms with Crippen LogP contribution >= 0.6 is 22.6 Å². The highest BCUT2D eigenvalue weighted by Crippen LogP contribution is 2.36. The molecule has 0 aliphatic heterocycles. The monoisotopic (exact) mass is 449 g/mol. The zero-order chi connectivity index (χ0) is 18.1. The van der Waals surface area contributed by atoms with Gasteiger partial charge in [-0.3, -0.25) is 4.79 Å². The van der Waals surface area contributed by atoms with Gasteiger partial charge < -0.3 is 15.6 Å². The lowest BCUT2D eigenvalue weighted by Crippen LogP contribution is -2.10. The third-order valence-corrected chi connectivity index (χ3v) is 5.29. The molecule has 1 aliphatic carbocycles. The van der Waals surface area contributed by atoms with Crippen LogP contribution in [0.5, 0.6) is 0 Å². The highest BCUT2D eigenvalue weighted by molar-refractivity contribution is 14.1. The van der Waals surface area contributed by atoms with Crippen molar-refractivity contribution in [1.29, 1.82) is 0 Å². The van der Waals surface area contributed by atoms with Crippen LogP contribution in [0.1, 0.15) is 47.8 Å². The Morgan fingerprint density at radius 1 is 1.40 bits per heavy atom. The first kappa shape index (κ1) is 18.0. The van der Waals surface area contributed by atoms with Crippen molar-refractivity contribution in [1.82, 2.24) is 4.57 Å². The first-order chi connectivity index (χ1) is 11.9. The van der Waals surface area contributed by atoms with Gasteiger partial charge in [-0.1, -0.05) is 19.9 Å². The zero-order valence-electron chi connectivity index (χ0n) is 14.7. The Morgan fingerprint density at radius 3 is 2.72 bits per heavy atom. The van der Waals surface area contributed by atoms with Crippen LogP contribution in [0.3, 0.4) is 0 Å². The van der Waals surface area contributed by atoms with Gasteiger partial charge in [0.2, 0.25) is 0 Å². The van der Waals surface area contributed by atoms with Gasteiger partial charge in [-0.15, -0.1) is 0 Å². The largest absolute Gasteiger partial charge is 0.399 e. The number of halogens is 1. The van der Waals surface area contributed by atoms with Gasteiger partial charge in [0.15, 0.2) is 5.78 Å². The van der Waals surface area contributed by atoms with Crippen LogP contribution in [-0.2, 0) is 13.5 Å². The Labute approximate surface area is 162 Å². The van der Waals surface area contributed by atoms with E-state index in [4.69, 9.17) is 5.73 Å². The molecule has 132 valence electrons. The number of nitrogens with two attached hydrogens (primary N) is 1. The molecular formula is C20H24IN3O. The second kappa shape index (κ2) is 7.23. The average molecular weight is 449 g/mol. The summed E-state index contributed by atoms with van der Waals surface area (Å²) >= 11 is 2.33. The van der Waals surface area contributed by atoms with Crippen LogP contribution in [0.2, 0.25) is 0 Å². The van der Waals surface area contributed by atoms with E-state index in [9.17, 15) is 4.79 Å². The molecule has 1 saturated carbocycles. The molecule has 4 nitrogen and oxygen atoms in total. The van der Waals surface area contributed by atoms with Crippen molar-refractivity contribution in [3.05, 3.63) is 51.2 Å². The molecule has 5 heteroatoms. The summed E-state index contributed by atoms with van der Waals surface area (Å²) in [6, 6.07) is 8.24. The predicted octanol–water partition coefficient (Wildman–Crippen LogP) is 4.85. The molecule has 1 aromatic heterocycles. The first-order valence-corrected chi connectivity index (χ1v) is 9.74. The fraction of sp³-hybridized carbons (Fsp3) is 0.350. The number of aryl methyl sites for hydroxylation is 1. The maximum Gasteiger partial charge on any atom is 0.182 e. The van der Waals surface area contributed by atoms with Crippen molar-refractivity contribution in [2.75, 3.05) is 5.32 Å². The van der Waals surface area contributed by atoms with Gasteiger partial charge >= 0.3 is 0 Å². The lowest BCUT2D eigenvalue weighted by Gasteiger charge is -2.15. The second-order valence-electron chi connectivity index (χ2n) is 6.69. The summed E-state index contributed by atoms with van der Waals surface area (Å²) in [5.74, 6) is 1.21. The van der Waals surface area contributed by atoms with Crippen molar-refractivity contribution >= 4 is 45.6 Å². The first-order valence-electron chi connectivity index (χ1n) is 8.66. The number of carbonyl (C=O) groups is 1. The van der Waals surface area contributed by atoms with Crippen molar-refractivity contribution in [3.8, 4) is 0 Å². The molecule has 0 amide bonds. The number of rotatable bonds is 7. The summed E-state index contributed by atoms with van der Waals surface area (Å²) in [5.41, 5.74) is 10.3. The summed E-state index contributed by atoms with van der Waals surface area (Å²) in [6.07, 6.45) is 4.05. The second-order valence-corrected chi connectivity index (χ2v) is 7.94. The van der Waals surface area contributed by atoms with E-state index in [1.165, 1.54) is 9.13 Å². The molecular weight excluding hydrogens is 425 g/mol. The van der Waals surface area contributed by atoms with E-state index in [0.717, 1.165) is 42.8 Å². The summed E-state index contributed by atoms with van der Waals surface area (Å²) in [6.45, 7) is 6.06. The molecule has 2 aromatic rings. The molecule has 0 radical (unpaired) electrons. The Morgan fingerprint density at radius 2 is 2.12 bits per heavy atom. The maximum absolute atomic E-state index is 12.6. The number of benzene rings is 1. The molecule has 0 bridgehead atoms. The van der Waals surface area contributed by atoms with Crippen LogP contribution in [0.25, 0.3) is 5.70 Å². The van der Waals surface area contributed by atoms with Gasteiger partial charge in [-0.2, -0.15) is 0 Å². The number of hydrogen-bond acceptors (Lipinski definition) is 3. The molecule has 0 unspecified atom stereocenters. The molecule has 0 spiro atoms. The fourth-order valence-electron chi connectivity index (χ4n) is 3.08. The van der Waals surface area contributed by atoms with Crippen LogP contribution < -0.4 is 11.1 Å². The van der Waals surface area contributed by atoms with E-state index in [0.29, 0.717) is 11.4 Å². The molecule has 1 aromatic carbocycles. The third kappa shape index (κ3) is 3.76. The van der Waals surface area contributed by atoms with Crippen molar-refractivity contribution in [3.63, 3.8) is 0 Å². The molecule has 25 heavy (non-hydrogen) atoms. The highest BCUT2D eigenvalue weighted by Gasteiger charge is 2.33. The predicted molar refractivity (Wildman–Crippen MR) is 112 cm³/mol. The van der Waals surface area contributed by atoms with Crippen molar-refractivity contribution < 1.29 is 4.79 Å². The van der Waals surface area contributed by atoms with Gasteiger partial charge in [0.1, 0.15) is 5.82 Å². The Kier molecular flexibility index (Phi) is 5.22. The van der Waals surface area contributed by atoms with E-state index in [2.05, 4.69) is 59.6 Å². The highest BCUT2D eigenvalue weighted by atomic mass is 127. The Bertz CT molecular complexity index is 834. The van der Waals surface area contributed by atoms with Crippen LogP contribution in [0.4, 0.5) is 11.5 Å². The molecule has 1 heterocycles. The molecule has 0 atom stereocenters. The van der Waals surface area contributed by atoms with Gasteiger partial charge in [-0.25, -0.2) is 0 Å². The number of Topliss-reactive ketones (excluding diaryl/α,β-unsaturated/α-hetero) is 1. The Balaban J connectivity index is 2.02. The van der Waals surface area contributed by atoms with Gasteiger partial charge in [0, 0.05) is 33.5 Å². The van der Waals surface area contributed by atoms with Gasteiger partial charge in [0.05, 0.1) is 5.69 Å². The summed E-state index contributed by atoms with van der Waals surface area (Å²) in [7, 11) is 1.91. The summed E-state index contributed by atoms with van der Waals surface area (Å²) in [5, 5.41) is 3.50. The van der Waals surface area contributed by atoms with Gasteiger partial charge in [0.25, 0.3) is 0 Å². The number of hydrogen-bond donors (Lipinski definition) is 2. The van der Waals surface area contributed by atoms with Crippen molar-refractivity contribution in [2.24, 2.45) is 18.7 Å². The minimum atomic E-state index is 0.175. The molecule has 3 N–H and O–H groups in total. The summed E-state index contributed by atoms with van der Waals surface area (Å²) in [4.78, 5) is 12.6. The number of aromatic nitrogens is 1. The maximum atomic E-state index is 12.6. The molecule has 3 rings (SSSR count). The fourth-order valence-corrected chi connectivity index (χ4v) is 3.63. The van der Waals surface area contributed by atoms with Crippen LogP contribution in [0.15, 0.2) is 30.8 Å². The minimum Gasteiger partial charge on any atom is -0.399 e. The standard InChI is InChI=1S/C20H24IN3O/c1-4-5-14-10-15(21)8-9-17(14)23-20-16(12(2)22)11-18(24(20)3)19(25)13-6-7-13/h8-11,13,23H,2,4-7,22H2,1,3H3. The van der Waals surface area contributed by atoms with Crippen molar-refractivity contribution in [2.45, 2.75) is 32.6 Å². The quantitative estimate of drug-likeness (QED) is 0.470. The van der Waals surface area contributed by atoms with Gasteiger partial charge in [-0.05, 0) is 71.7 Å². The summed E-state index contributed by atoms with van der Waals surface area (Å²) < 4.78 is 3.13. The van der Waals surface area contributed by atoms with E-state index in [-0.39, 0.29) is 11.7 Å². The van der Waals surface area contributed by atoms with E-state index >= 15 is 0 Å². The topological polar surface area (TPSA) is 60.1 Å². The van der Waals surface area contributed by atoms with E-state index in [1.54, 1.807) is 0 Å². The molecule has 0 saturated heterocycles.